The molecular formula is C16H14N2O4. The van der Waals surface area contributed by atoms with Crippen molar-refractivity contribution in [3.05, 3.63) is 53.7 Å². The number of benzene rings is 1. The van der Waals surface area contributed by atoms with Crippen molar-refractivity contribution in [2.24, 2.45) is 0 Å². The van der Waals surface area contributed by atoms with Gasteiger partial charge in [0.25, 0.3) is 0 Å². The SMILES string of the molecule is COc1ccc(NC(=O)C[C@@H]2OC(=O)c3ccccc32)cn1. The maximum Gasteiger partial charge on any atom is 0.339 e. The van der Waals surface area contributed by atoms with E-state index in [1.165, 1.54) is 13.3 Å². The molecule has 6 heteroatoms. The Balaban J connectivity index is 1.66. The van der Waals surface area contributed by atoms with E-state index in [2.05, 4.69) is 10.3 Å². The first kappa shape index (κ1) is 14.1. The van der Waals surface area contributed by atoms with Gasteiger partial charge in [-0.3, -0.25) is 4.79 Å². The van der Waals surface area contributed by atoms with Gasteiger partial charge in [0.05, 0.1) is 31.0 Å². The zero-order valence-corrected chi connectivity index (χ0v) is 11.9. The van der Waals surface area contributed by atoms with Crippen LogP contribution in [0.25, 0.3) is 0 Å². The Hall–Kier alpha value is -2.89. The Morgan fingerprint density at radius 1 is 1.32 bits per heavy atom. The summed E-state index contributed by atoms with van der Waals surface area (Å²) in [6, 6.07) is 10.4. The second kappa shape index (κ2) is 5.85. The number of fused-ring (bicyclic) bond motifs is 1. The van der Waals surface area contributed by atoms with Gasteiger partial charge in [-0.2, -0.15) is 0 Å². The Morgan fingerprint density at radius 3 is 2.86 bits per heavy atom. The molecule has 1 aliphatic rings. The monoisotopic (exact) mass is 298 g/mol. The fraction of sp³-hybridized carbons (Fsp3) is 0.188. The van der Waals surface area contributed by atoms with E-state index in [4.69, 9.17) is 9.47 Å². The molecule has 0 fully saturated rings. The zero-order chi connectivity index (χ0) is 15.5. The lowest BCUT2D eigenvalue weighted by Gasteiger charge is -2.11. The minimum absolute atomic E-state index is 0.0643. The van der Waals surface area contributed by atoms with Crippen molar-refractivity contribution in [2.45, 2.75) is 12.5 Å². The third kappa shape index (κ3) is 2.76. The van der Waals surface area contributed by atoms with Crippen LogP contribution in [-0.4, -0.2) is 24.0 Å². The number of ether oxygens (including phenoxy) is 2. The summed E-state index contributed by atoms with van der Waals surface area (Å²) >= 11 is 0. The lowest BCUT2D eigenvalue weighted by atomic mass is 10.0. The molecule has 6 nitrogen and oxygen atoms in total. The molecule has 1 amide bonds. The number of carbonyl (C=O) groups is 2. The smallest absolute Gasteiger partial charge is 0.339 e. The van der Waals surface area contributed by atoms with E-state index in [1.807, 2.05) is 6.07 Å². The van der Waals surface area contributed by atoms with Gasteiger partial charge in [-0.25, -0.2) is 9.78 Å². The topological polar surface area (TPSA) is 77.5 Å². The number of cyclic esters (lactones) is 1. The molecule has 3 rings (SSSR count). The average Bonchev–Trinajstić information content (AvgIpc) is 2.85. The molecule has 22 heavy (non-hydrogen) atoms. The molecule has 1 aliphatic heterocycles. The molecule has 1 atom stereocenters. The predicted octanol–water partition coefficient (Wildman–Crippen LogP) is 2.33. The van der Waals surface area contributed by atoms with Crippen LogP contribution in [0.4, 0.5) is 5.69 Å². The molecule has 2 heterocycles. The predicted molar refractivity (Wildman–Crippen MR) is 78.6 cm³/mol. The molecule has 0 bridgehead atoms. The highest BCUT2D eigenvalue weighted by Crippen LogP contribution is 2.32. The standard InChI is InChI=1S/C16H14N2O4/c1-21-15-7-6-10(9-17-15)18-14(19)8-13-11-4-2-3-5-12(11)16(20)22-13/h2-7,9,13H,8H2,1H3,(H,18,19)/t13-/m0/s1. The number of amides is 1. The number of nitrogens with zero attached hydrogens (tertiary/aromatic N) is 1. The number of esters is 1. The number of methoxy groups -OCH3 is 1. The first-order valence-electron chi connectivity index (χ1n) is 6.77. The third-order valence-corrected chi connectivity index (χ3v) is 3.38. The van der Waals surface area contributed by atoms with Gasteiger partial charge in [-0.15, -0.1) is 0 Å². The van der Waals surface area contributed by atoms with Crippen molar-refractivity contribution in [2.75, 3.05) is 12.4 Å². The van der Waals surface area contributed by atoms with Gasteiger partial charge in [0, 0.05) is 11.6 Å². The van der Waals surface area contributed by atoms with E-state index >= 15 is 0 Å². The second-order valence-electron chi connectivity index (χ2n) is 4.82. The van der Waals surface area contributed by atoms with Crippen LogP contribution in [0.3, 0.4) is 0 Å². The molecule has 1 aromatic heterocycles. The Labute approximate surface area is 127 Å². The van der Waals surface area contributed by atoms with Crippen molar-refractivity contribution in [3.8, 4) is 5.88 Å². The highest BCUT2D eigenvalue weighted by atomic mass is 16.5. The Bertz CT molecular complexity index is 712. The first-order valence-corrected chi connectivity index (χ1v) is 6.77. The van der Waals surface area contributed by atoms with Crippen molar-refractivity contribution in [1.29, 1.82) is 0 Å². The number of anilines is 1. The molecular weight excluding hydrogens is 284 g/mol. The average molecular weight is 298 g/mol. The Morgan fingerprint density at radius 2 is 2.14 bits per heavy atom. The molecule has 1 aromatic carbocycles. The van der Waals surface area contributed by atoms with Crippen LogP contribution in [-0.2, 0) is 9.53 Å². The minimum Gasteiger partial charge on any atom is -0.481 e. The summed E-state index contributed by atoms with van der Waals surface area (Å²) < 4.78 is 10.2. The number of aromatic nitrogens is 1. The fourth-order valence-corrected chi connectivity index (χ4v) is 2.33. The van der Waals surface area contributed by atoms with Crippen LogP contribution in [0.5, 0.6) is 5.88 Å². The molecule has 0 unspecified atom stereocenters. The normalized spacial score (nSPS) is 15.9. The number of carbonyl (C=O) groups excluding carboxylic acids is 2. The fourth-order valence-electron chi connectivity index (χ4n) is 2.33. The van der Waals surface area contributed by atoms with E-state index in [0.717, 1.165) is 5.56 Å². The van der Waals surface area contributed by atoms with Gasteiger partial charge in [0.15, 0.2) is 0 Å². The van der Waals surface area contributed by atoms with Gasteiger partial charge in [-0.1, -0.05) is 18.2 Å². The third-order valence-electron chi connectivity index (χ3n) is 3.38. The lowest BCUT2D eigenvalue weighted by Crippen LogP contribution is -2.15. The zero-order valence-electron chi connectivity index (χ0n) is 11.9. The first-order chi connectivity index (χ1) is 10.7. The van der Waals surface area contributed by atoms with Crippen molar-refractivity contribution in [1.82, 2.24) is 4.98 Å². The van der Waals surface area contributed by atoms with Crippen LogP contribution in [0.2, 0.25) is 0 Å². The number of hydrogen-bond acceptors (Lipinski definition) is 5. The molecule has 0 aliphatic carbocycles. The van der Waals surface area contributed by atoms with Gasteiger partial charge in [0.1, 0.15) is 6.10 Å². The van der Waals surface area contributed by atoms with E-state index in [0.29, 0.717) is 17.1 Å². The molecule has 0 saturated carbocycles. The van der Waals surface area contributed by atoms with Crippen LogP contribution >= 0.6 is 0 Å². The summed E-state index contributed by atoms with van der Waals surface area (Å²) in [5.74, 6) is -0.169. The van der Waals surface area contributed by atoms with Crippen LogP contribution in [0.15, 0.2) is 42.6 Å². The van der Waals surface area contributed by atoms with Gasteiger partial charge in [-0.05, 0) is 12.1 Å². The molecule has 0 spiro atoms. The highest BCUT2D eigenvalue weighted by molar-refractivity contribution is 5.96. The number of nitrogens with one attached hydrogen (secondary N) is 1. The van der Waals surface area contributed by atoms with Gasteiger partial charge < -0.3 is 14.8 Å². The van der Waals surface area contributed by atoms with Crippen LogP contribution in [0, 0.1) is 0 Å². The summed E-state index contributed by atoms with van der Waals surface area (Å²) in [6.45, 7) is 0. The summed E-state index contributed by atoms with van der Waals surface area (Å²) in [4.78, 5) is 27.8. The molecule has 0 saturated heterocycles. The lowest BCUT2D eigenvalue weighted by molar-refractivity contribution is -0.118. The van der Waals surface area contributed by atoms with Crippen molar-refractivity contribution >= 4 is 17.6 Å². The summed E-state index contributed by atoms with van der Waals surface area (Å²) in [7, 11) is 1.52. The van der Waals surface area contributed by atoms with E-state index in [-0.39, 0.29) is 18.3 Å². The van der Waals surface area contributed by atoms with Crippen molar-refractivity contribution in [3.63, 3.8) is 0 Å². The molecule has 112 valence electrons. The summed E-state index contributed by atoms with van der Waals surface area (Å²) in [6.07, 6.45) is 1.02. The van der Waals surface area contributed by atoms with Crippen molar-refractivity contribution < 1.29 is 19.1 Å². The minimum atomic E-state index is -0.546. The van der Waals surface area contributed by atoms with Gasteiger partial charge >= 0.3 is 5.97 Å². The summed E-state index contributed by atoms with van der Waals surface area (Å²) in [5, 5.41) is 2.72. The largest absolute Gasteiger partial charge is 0.481 e. The quantitative estimate of drug-likeness (QED) is 0.877. The number of pyridine rings is 1. The number of hydrogen-bond donors (Lipinski definition) is 1. The summed E-state index contributed by atoms with van der Waals surface area (Å²) in [5.41, 5.74) is 1.82. The van der Waals surface area contributed by atoms with Gasteiger partial charge in [0.2, 0.25) is 11.8 Å². The maximum absolute atomic E-state index is 12.1. The van der Waals surface area contributed by atoms with Crippen LogP contribution in [0.1, 0.15) is 28.4 Å². The van der Waals surface area contributed by atoms with Crippen LogP contribution < -0.4 is 10.1 Å². The Kier molecular flexibility index (Phi) is 3.74. The van der Waals surface area contributed by atoms with E-state index in [9.17, 15) is 9.59 Å². The second-order valence-corrected chi connectivity index (χ2v) is 4.82. The molecule has 1 N–H and O–H groups in total. The van der Waals surface area contributed by atoms with E-state index in [1.54, 1.807) is 30.3 Å². The maximum atomic E-state index is 12.1. The highest BCUT2D eigenvalue weighted by Gasteiger charge is 2.31. The number of rotatable bonds is 4. The van der Waals surface area contributed by atoms with E-state index < -0.39 is 6.10 Å². The molecule has 2 aromatic rings. The molecule has 0 radical (unpaired) electrons.